The minimum atomic E-state index is -0.557. The van der Waals surface area contributed by atoms with E-state index in [0.717, 1.165) is 16.7 Å². The first-order valence-corrected chi connectivity index (χ1v) is 7.77. The molecule has 2 aromatic carbocycles. The van der Waals surface area contributed by atoms with Gasteiger partial charge in [0.1, 0.15) is 12.4 Å². The van der Waals surface area contributed by atoms with E-state index in [1.54, 1.807) is 6.07 Å². The third-order valence-electron chi connectivity index (χ3n) is 3.37. The third kappa shape index (κ3) is 5.76. The zero-order valence-corrected chi connectivity index (χ0v) is 13.9. The van der Waals surface area contributed by atoms with Crippen molar-refractivity contribution in [2.24, 2.45) is 0 Å². The molecule has 24 heavy (non-hydrogen) atoms. The quantitative estimate of drug-likeness (QED) is 0.651. The van der Waals surface area contributed by atoms with Crippen molar-refractivity contribution < 1.29 is 19.1 Å². The fourth-order valence-corrected chi connectivity index (χ4v) is 2.13. The van der Waals surface area contributed by atoms with Crippen LogP contribution < -0.4 is 10.1 Å². The fraction of sp³-hybridized carbons (Fsp3) is 0.263. The van der Waals surface area contributed by atoms with Crippen LogP contribution in [0.25, 0.3) is 0 Å². The number of carbonyl (C=O) groups excluding carboxylic acids is 2. The van der Waals surface area contributed by atoms with E-state index >= 15 is 0 Å². The van der Waals surface area contributed by atoms with Crippen LogP contribution in [0.1, 0.15) is 23.1 Å². The van der Waals surface area contributed by atoms with Crippen LogP contribution >= 0.6 is 0 Å². The highest BCUT2D eigenvalue weighted by atomic mass is 16.5. The van der Waals surface area contributed by atoms with Crippen LogP contribution in [0.5, 0.6) is 5.75 Å². The van der Waals surface area contributed by atoms with E-state index in [1.807, 2.05) is 56.3 Å². The molecule has 5 nitrogen and oxygen atoms in total. The second kappa shape index (κ2) is 8.72. The average Bonchev–Trinajstić information content (AvgIpc) is 2.56. The lowest BCUT2D eigenvalue weighted by atomic mass is 10.1. The van der Waals surface area contributed by atoms with Crippen molar-refractivity contribution in [2.45, 2.75) is 26.9 Å². The maximum atomic E-state index is 11.8. The first-order chi connectivity index (χ1) is 11.5. The number of amides is 1. The summed E-state index contributed by atoms with van der Waals surface area (Å²) < 4.78 is 10.3. The second-order valence-corrected chi connectivity index (χ2v) is 5.48. The highest BCUT2D eigenvalue weighted by Gasteiger charge is 2.09. The number of rotatable bonds is 6. The molecule has 0 radical (unpaired) electrons. The summed E-state index contributed by atoms with van der Waals surface area (Å²) in [6.45, 7) is 4.22. The number of benzene rings is 2. The zero-order valence-electron chi connectivity index (χ0n) is 13.9. The molecule has 1 amide bonds. The van der Waals surface area contributed by atoms with Gasteiger partial charge in [-0.25, -0.2) is 4.79 Å². The maximum absolute atomic E-state index is 11.8. The van der Waals surface area contributed by atoms with E-state index in [2.05, 4.69) is 5.32 Å². The van der Waals surface area contributed by atoms with Gasteiger partial charge in [-0.2, -0.15) is 0 Å². The number of nitrogens with one attached hydrogen (secondary N) is 1. The van der Waals surface area contributed by atoms with Crippen molar-refractivity contribution in [3.05, 3.63) is 65.2 Å². The minimum Gasteiger partial charge on any atom is -0.445 e. The van der Waals surface area contributed by atoms with E-state index in [9.17, 15) is 9.59 Å². The molecule has 0 aromatic heterocycles. The Bertz CT molecular complexity index is 698. The molecule has 2 aromatic rings. The van der Waals surface area contributed by atoms with Crippen molar-refractivity contribution in [3.63, 3.8) is 0 Å². The van der Waals surface area contributed by atoms with Crippen LogP contribution in [0.2, 0.25) is 0 Å². The van der Waals surface area contributed by atoms with Gasteiger partial charge in [0.15, 0.2) is 0 Å². The van der Waals surface area contributed by atoms with Crippen LogP contribution in [0.15, 0.2) is 48.5 Å². The second-order valence-electron chi connectivity index (χ2n) is 5.48. The van der Waals surface area contributed by atoms with Crippen molar-refractivity contribution >= 4 is 12.1 Å². The van der Waals surface area contributed by atoms with Gasteiger partial charge in [-0.1, -0.05) is 48.0 Å². The molecule has 0 aliphatic rings. The lowest BCUT2D eigenvalue weighted by Gasteiger charge is -2.09. The van der Waals surface area contributed by atoms with Crippen molar-refractivity contribution in [1.82, 2.24) is 5.32 Å². The smallest absolute Gasteiger partial charge is 0.407 e. The number of hydrogen-bond acceptors (Lipinski definition) is 4. The topological polar surface area (TPSA) is 64.6 Å². The summed E-state index contributed by atoms with van der Waals surface area (Å²) in [6.07, 6.45) is -0.480. The Morgan fingerprint density at radius 2 is 1.79 bits per heavy atom. The fourth-order valence-electron chi connectivity index (χ4n) is 2.13. The summed E-state index contributed by atoms with van der Waals surface area (Å²) >= 11 is 0. The monoisotopic (exact) mass is 327 g/mol. The predicted molar refractivity (Wildman–Crippen MR) is 90.8 cm³/mol. The van der Waals surface area contributed by atoms with E-state index in [1.165, 1.54) is 0 Å². The molecule has 1 N–H and O–H groups in total. The highest BCUT2D eigenvalue weighted by molar-refractivity contribution is 5.74. The summed E-state index contributed by atoms with van der Waals surface area (Å²) in [5, 5.41) is 2.53. The van der Waals surface area contributed by atoms with Crippen LogP contribution in [0.3, 0.4) is 0 Å². The summed E-state index contributed by atoms with van der Waals surface area (Å²) in [4.78, 5) is 23.4. The lowest BCUT2D eigenvalue weighted by molar-refractivity contribution is -0.134. The molecular formula is C19H21NO4. The van der Waals surface area contributed by atoms with E-state index in [-0.39, 0.29) is 19.6 Å². The molecule has 0 aliphatic carbocycles. The Morgan fingerprint density at radius 1 is 1.04 bits per heavy atom. The first kappa shape index (κ1) is 17.5. The third-order valence-corrected chi connectivity index (χ3v) is 3.37. The normalized spacial score (nSPS) is 10.1. The van der Waals surface area contributed by atoms with Gasteiger partial charge in [-0.15, -0.1) is 0 Å². The molecular weight excluding hydrogens is 306 g/mol. The molecule has 0 fully saturated rings. The highest BCUT2D eigenvalue weighted by Crippen LogP contribution is 2.19. The number of hydrogen-bond donors (Lipinski definition) is 1. The van der Waals surface area contributed by atoms with Crippen molar-refractivity contribution in [2.75, 3.05) is 6.54 Å². The molecule has 0 spiro atoms. The summed E-state index contributed by atoms with van der Waals surface area (Å²) in [7, 11) is 0. The van der Waals surface area contributed by atoms with Gasteiger partial charge in [0.05, 0.1) is 6.42 Å². The molecule has 126 valence electrons. The molecule has 0 aliphatic heterocycles. The molecule has 5 heteroatoms. The van der Waals surface area contributed by atoms with Crippen LogP contribution in [-0.2, 0) is 16.1 Å². The Morgan fingerprint density at radius 3 is 2.50 bits per heavy atom. The first-order valence-electron chi connectivity index (χ1n) is 7.77. The zero-order chi connectivity index (χ0) is 17.4. The van der Waals surface area contributed by atoms with Gasteiger partial charge in [-0.3, -0.25) is 4.79 Å². The van der Waals surface area contributed by atoms with Gasteiger partial charge < -0.3 is 14.8 Å². The van der Waals surface area contributed by atoms with Gasteiger partial charge >= 0.3 is 12.1 Å². The molecule has 0 unspecified atom stereocenters. The molecule has 0 saturated carbocycles. The van der Waals surface area contributed by atoms with Crippen molar-refractivity contribution in [3.8, 4) is 5.75 Å². The van der Waals surface area contributed by atoms with E-state index < -0.39 is 12.1 Å². The number of carbonyl (C=O) groups is 2. The van der Waals surface area contributed by atoms with Crippen molar-refractivity contribution in [1.29, 1.82) is 0 Å². The molecule has 0 atom stereocenters. The number of alkyl carbamates (subject to hydrolysis) is 1. The average molecular weight is 327 g/mol. The number of ether oxygens (including phenoxy) is 2. The minimum absolute atomic E-state index is 0.0771. The Balaban J connectivity index is 1.67. The van der Waals surface area contributed by atoms with Gasteiger partial charge in [-0.05, 0) is 31.0 Å². The Hall–Kier alpha value is -2.82. The Kier molecular flexibility index (Phi) is 6.37. The summed E-state index contributed by atoms with van der Waals surface area (Å²) in [5.41, 5.74) is 2.91. The number of aryl methyl sites for hydroxylation is 2. The van der Waals surface area contributed by atoms with Gasteiger partial charge in [0.2, 0.25) is 0 Å². The van der Waals surface area contributed by atoms with Crippen LogP contribution in [0.4, 0.5) is 4.79 Å². The van der Waals surface area contributed by atoms with Crippen LogP contribution in [-0.4, -0.2) is 18.6 Å². The predicted octanol–water partition coefficient (Wildman–Crippen LogP) is 3.53. The maximum Gasteiger partial charge on any atom is 0.407 e. The largest absolute Gasteiger partial charge is 0.445 e. The Labute approximate surface area is 141 Å². The van der Waals surface area contributed by atoms with E-state index in [4.69, 9.17) is 9.47 Å². The van der Waals surface area contributed by atoms with E-state index in [0.29, 0.717) is 5.75 Å². The van der Waals surface area contributed by atoms with Gasteiger partial charge in [0, 0.05) is 6.54 Å². The molecule has 0 heterocycles. The number of esters is 1. The summed E-state index contributed by atoms with van der Waals surface area (Å²) in [6, 6.07) is 15.0. The van der Waals surface area contributed by atoms with Crippen LogP contribution in [0, 0.1) is 13.8 Å². The lowest BCUT2D eigenvalue weighted by Crippen LogP contribution is -2.27. The standard InChI is InChI=1S/C19H21NO4/c1-14-8-9-17(15(2)12-14)24-18(21)10-11-20-19(22)23-13-16-6-4-3-5-7-16/h3-9,12H,10-11,13H2,1-2H3,(H,20,22). The SMILES string of the molecule is Cc1ccc(OC(=O)CCNC(=O)OCc2ccccc2)c(C)c1. The summed E-state index contributed by atoms with van der Waals surface area (Å²) in [5.74, 6) is 0.141. The van der Waals surface area contributed by atoms with Gasteiger partial charge in [0.25, 0.3) is 0 Å². The molecule has 0 bridgehead atoms. The molecule has 0 saturated heterocycles. The molecule has 2 rings (SSSR count).